The zero-order chi connectivity index (χ0) is 18.7. The molecular formula is C23H25NO2. The largest absolute Gasteiger partial charge is 0.497 e. The lowest BCUT2D eigenvalue weighted by atomic mass is 9.78. The van der Waals surface area contributed by atoms with Crippen molar-refractivity contribution in [2.75, 3.05) is 26.1 Å². The monoisotopic (exact) mass is 347 g/mol. The fourth-order valence-electron chi connectivity index (χ4n) is 3.29. The lowest BCUT2D eigenvalue weighted by Gasteiger charge is -2.32. The third kappa shape index (κ3) is 3.18. The van der Waals surface area contributed by atoms with Crippen LogP contribution in [-0.2, 0) is 5.60 Å². The first-order valence-corrected chi connectivity index (χ1v) is 8.67. The summed E-state index contributed by atoms with van der Waals surface area (Å²) in [6.07, 6.45) is 0. The van der Waals surface area contributed by atoms with Gasteiger partial charge in [0.2, 0.25) is 0 Å². The lowest BCUT2D eigenvalue weighted by Crippen LogP contribution is -2.29. The molecule has 1 N–H and O–H groups in total. The first kappa shape index (κ1) is 18.0. The molecule has 26 heavy (non-hydrogen) atoms. The minimum atomic E-state index is -1.23. The maximum absolute atomic E-state index is 11.9. The Kier molecular flexibility index (Phi) is 5.01. The van der Waals surface area contributed by atoms with Gasteiger partial charge in [0.15, 0.2) is 0 Å². The van der Waals surface area contributed by atoms with Gasteiger partial charge in [-0.05, 0) is 53.4 Å². The molecule has 0 bridgehead atoms. The Morgan fingerprint density at radius 1 is 0.808 bits per heavy atom. The summed E-state index contributed by atoms with van der Waals surface area (Å²) < 4.78 is 5.27. The third-order valence-corrected chi connectivity index (χ3v) is 4.84. The van der Waals surface area contributed by atoms with E-state index >= 15 is 0 Å². The highest BCUT2D eigenvalue weighted by molar-refractivity contribution is 5.54. The summed E-state index contributed by atoms with van der Waals surface area (Å²) >= 11 is 0. The number of methoxy groups -OCH3 is 1. The predicted molar refractivity (Wildman–Crippen MR) is 107 cm³/mol. The molecule has 1 atom stereocenters. The molecule has 0 saturated carbocycles. The molecule has 3 aromatic rings. The molecule has 3 aromatic carbocycles. The summed E-state index contributed by atoms with van der Waals surface area (Å²) in [5.41, 5.74) is 3.43. The van der Waals surface area contributed by atoms with Crippen LogP contribution >= 0.6 is 0 Å². The smallest absolute Gasteiger partial charge is 0.140 e. The van der Waals surface area contributed by atoms with Crippen LogP contribution in [-0.4, -0.2) is 26.3 Å². The average Bonchev–Trinajstić information content (AvgIpc) is 2.68. The van der Waals surface area contributed by atoms with Crippen LogP contribution in [0.5, 0.6) is 5.75 Å². The normalized spacial score (nSPS) is 13.1. The number of hydrogen-bond donors (Lipinski definition) is 1. The molecule has 1 unspecified atom stereocenters. The Balaban J connectivity index is 2.20. The quantitative estimate of drug-likeness (QED) is 0.696. The van der Waals surface area contributed by atoms with Crippen LogP contribution in [0.25, 0.3) is 0 Å². The molecule has 0 aliphatic carbocycles. The zero-order valence-electron chi connectivity index (χ0n) is 15.7. The van der Waals surface area contributed by atoms with Crippen molar-refractivity contribution in [2.45, 2.75) is 12.5 Å². The molecule has 0 aromatic heterocycles. The van der Waals surface area contributed by atoms with E-state index in [4.69, 9.17) is 4.74 Å². The average molecular weight is 347 g/mol. The highest BCUT2D eigenvalue weighted by Gasteiger charge is 2.35. The molecule has 3 nitrogen and oxygen atoms in total. The summed E-state index contributed by atoms with van der Waals surface area (Å²) in [4.78, 5) is 2.05. The van der Waals surface area contributed by atoms with Gasteiger partial charge >= 0.3 is 0 Å². The molecule has 0 aliphatic heterocycles. The van der Waals surface area contributed by atoms with Gasteiger partial charge in [-0.3, -0.25) is 0 Å². The molecule has 134 valence electrons. The summed E-state index contributed by atoms with van der Waals surface area (Å²) in [5.74, 6) is 0.767. The number of ether oxygens (including phenoxy) is 1. The zero-order valence-corrected chi connectivity index (χ0v) is 15.7. The molecule has 0 fully saturated rings. The van der Waals surface area contributed by atoms with Crippen molar-refractivity contribution in [2.24, 2.45) is 0 Å². The molecular weight excluding hydrogens is 322 g/mol. The molecule has 0 aliphatic rings. The second-order valence-corrected chi connectivity index (χ2v) is 6.70. The topological polar surface area (TPSA) is 32.7 Å². The summed E-state index contributed by atoms with van der Waals surface area (Å²) in [6.45, 7) is 2.03. The van der Waals surface area contributed by atoms with Crippen molar-refractivity contribution >= 4 is 5.69 Å². The van der Waals surface area contributed by atoms with Crippen LogP contribution < -0.4 is 9.64 Å². The highest BCUT2D eigenvalue weighted by atomic mass is 16.5. The Bertz CT molecular complexity index is 869. The number of nitrogens with zero attached hydrogens (tertiary/aromatic N) is 1. The number of aliphatic hydroxyl groups is 1. The minimum Gasteiger partial charge on any atom is -0.497 e. The number of anilines is 1. The van der Waals surface area contributed by atoms with E-state index in [1.54, 1.807) is 7.11 Å². The Labute approximate surface area is 155 Å². The summed E-state index contributed by atoms with van der Waals surface area (Å²) in [6, 6.07) is 23.6. The maximum atomic E-state index is 11.9. The minimum absolute atomic E-state index is 0.767. The standard InChI is InChI=1S/C23H25NO2/c1-17-7-5-6-8-22(17)23(25,19-11-15-21(26-4)16-12-19)18-9-13-20(14-10-18)24(2)3/h5-16,25H,1-4H3. The third-order valence-electron chi connectivity index (χ3n) is 4.84. The second-order valence-electron chi connectivity index (χ2n) is 6.70. The predicted octanol–water partition coefficient (Wildman–Crippen LogP) is 4.35. The Hall–Kier alpha value is -2.78. The van der Waals surface area contributed by atoms with Gasteiger partial charge in [-0.2, -0.15) is 0 Å². The van der Waals surface area contributed by atoms with Gasteiger partial charge in [0.1, 0.15) is 11.4 Å². The molecule has 0 heterocycles. The van der Waals surface area contributed by atoms with E-state index in [-0.39, 0.29) is 0 Å². The van der Waals surface area contributed by atoms with Crippen molar-refractivity contribution in [3.63, 3.8) is 0 Å². The number of hydrogen-bond acceptors (Lipinski definition) is 3. The molecule has 0 spiro atoms. The van der Waals surface area contributed by atoms with Crippen LogP contribution in [0.3, 0.4) is 0 Å². The van der Waals surface area contributed by atoms with Gasteiger partial charge in [-0.1, -0.05) is 48.5 Å². The maximum Gasteiger partial charge on any atom is 0.140 e. The SMILES string of the molecule is COc1ccc(C(O)(c2ccc(N(C)C)cc2)c2ccccc2C)cc1. The van der Waals surface area contributed by atoms with Gasteiger partial charge in [0.05, 0.1) is 7.11 Å². The molecule has 0 amide bonds. The first-order chi connectivity index (χ1) is 12.5. The fourth-order valence-corrected chi connectivity index (χ4v) is 3.29. The van der Waals surface area contributed by atoms with Crippen molar-refractivity contribution in [3.05, 3.63) is 95.1 Å². The van der Waals surface area contributed by atoms with E-state index < -0.39 is 5.60 Å². The van der Waals surface area contributed by atoms with Gasteiger partial charge in [-0.25, -0.2) is 0 Å². The van der Waals surface area contributed by atoms with Gasteiger partial charge in [0, 0.05) is 19.8 Å². The second kappa shape index (κ2) is 7.22. The van der Waals surface area contributed by atoms with E-state index in [1.807, 2.05) is 98.7 Å². The number of aryl methyl sites for hydroxylation is 1. The van der Waals surface area contributed by atoms with Crippen LogP contribution in [0, 0.1) is 6.92 Å². The van der Waals surface area contributed by atoms with Crippen molar-refractivity contribution < 1.29 is 9.84 Å². The van der Waals surface area contributed by atoms with Gasteiger partial charge < -0.3 is 14.7 Å². The van der Waals surface area contributed by atoms with Crippen molar-refractivity contribution in [1.29, 1.82) is 0 Å². The van der Waals surface area contributed by atoms with Gasteiger partial charge in [0.25, 0.3) is 0 Å². The molecule has 0 radical (unpaired) electrons. The van der Waals surface area contributed by atoms with E-state index in [0.29, 0.717) is 0 Å². The summed E-state index contributed by atoms with van der Waals surface area (Å²) in [5, 5.41) is 11.9. The molecule has 3 rings (SSSR count). The van der Waals surface area contributed by atoms with Crippen LogP contribution in [0.15, 0.2) is 72.8 Å². The molecule has 0 saturated heterocycles. The van der Waals surface area contributed by atoms with Gasteiger partial charge in [-0.15, -0.1) is 0 Å². The number of rotatable bonds is 5. The Morgan fingerprint density at radius 2 is 1.35 bits per heavy atom. The lowest BCUT2D eigenvalue weighted by molar-refractivity contribution is 0.125. The first-order valence-electron chi connectivity index (χ1n) is 8.67. The van der Waals surface area contributed by atoms with Crippen LogP contribution in [0.2, 0.25) is 0 Å². The number of benzene rings is 3. The highest BCUT2D eigenvalue weighted by Crippen LogP contribution is 2.39. The van der Waals surface area contributed by atoms with Crippen LogP contribution in [0.4, 0.5) is 5.69 Å². The fraction of sp³-hybridized carbons (Fsp3) is 0.217. The van der Waals surface area contributed by atoms with E-state index in [2.05, 4.69) is 0 Å². The van der Waals surface area contributed by atoms with Crippen LogP contribution in [0.1, 0.15) is 22.3 Å². The van der Waals surface area contributed by atoms with E-state index in [1.165, 1.54) is 0 Å². The van der Waals surface area contributed by atoms with Crippen molar-refractivity contribution in [1.82, 2.24) is 0 Å². The van der Waals surface area contributed by atoms with E-state index in [0.717, 1.165) is 33.7 Å². The summed E-state index contributed by atoms with van der Waals surface area (Å²) in [7, 11) is 5.65. The Morgan fingerprint density at radius 3 is 1.85 bits per heavy atom. The van der Waals surface area contributed by atoms with E-state index in [9.17, 15) is 5.11 Å². The van der Waals surface area contributed by atoms with Crippen molar-refractivity contribution in [3.8, 4) is 5.75 Å². The molecule has 3 heteroatoms.